The second-order valence-electron chi connectivity index (χ2n) is 7.12. The molecular weight excluding hydrogens is 292 g/mol. The van der Waals surface area contributed by atoms with Crippen molar-refractivity contribution in [3.05, 3.63) is 18.5 Å². The molecule has 1 aromatic rings. The molecule has 1 unspecified atom stereocenters. The van der Waals surface area contributed by atoms with Crippen LogP contribution < -0.4 is 10.2 Å². The second-order valence-corrected chi connectivity index (χ2v) is 7.12. The minimum atomic E-state index is -0.118. The van der Waals surface area contributed by atoms with Crippen LogP contribution in [0.5, 0.6) is 0 Å². The summed E-state index contributed by atoms with van der Waals surface area (Å²) in [5.74, 6) is 1.72. The molecule has 1 aliphatic carbocycles. The van der Waals surface area contributed by atoms with Gasteiger partial charge in [-0.25, -0.2) is 9.97 Å². The number of anilines is 1. The number of carbonyl (C=O) groups is 1. The fourth-order valence-electron chi connectivity index (χ4n) is 3.64. The van der Waals surface area contributed by atoms with Gasteiger partial charge in [0.05, 0.1) is 18.1 Å². The number of nitrogens with one attached hydrogen (secondary N) is 1. The molecule has 1 N–H and O–H groups in total. The largest absolute Gasteiger partial charge is 0.374 e. The average Bonchev–Trinajstić information content (AvgIpc) is 3.35. The maximum Gasteiger partial charge on any atom is 0.225 e. The minimum Gasteiger partial charge on any atom is -0.374 e. The van der Waals surface area contributed by atoms with Gasteiger partial charge in [0.15, 0.2) is 0 Å². The monoisotopic (exact) mass is 316 g/mol. The van der Waals surface area contributed by atoms with E-state index in [0.29, 0.717) is 6.61 Å². The van der Waals surface area contributed by atoms with Crippen molar-refractivity contribution in [1.82, 2.24) is 15.3 Å². The SMILES string of the molecule is O=C(NCC1CC1)C1COC2(CCN(c3ncccn3)CC2)C1. The summed E-state index contributed by atoms with van der Waals surface area (Å²) in [7, 11) is 0. The third-order valence-electron chi connectivity index (χ3n) is 5.35. The Hall–Kier alpha value is -1.69. The number of hydrogen-bond donors (Lipinski definition) is 1. The molecule has 6 nitrogen and oxygen atoms in total. The Kier molecular flexibility index (Phi) is 3.93. The van der Waals surface area contributed by atoms with Gasteiger partial charge >= 0.3 is 0 Å². The van der Waals surface area contributed by atoms with Gasteiger partial charge in [-0.15, -0.1) is 0 Å². The molecule has 124 valence electrons. The summed E-state index contributed by atoms with van der Waals surface area (Å²) < 4.78 is 6.09. The highest BCUT2D eigenvalue weighted by Crippen LogP contribution is 2.39. The van der Waals surface area contributed by atoms with E-state index in [1.165, 1.54) is 12.8 Å². The van der Waals surface area contributed by atoms with Crippen LogP contribution in [0.4, 0.5) is 5.95 Å². The first-order chi connectivity index (χ1) is 11.2. The zero-order valence-corrected chi connectivity index (χ0v) is 13.4. The van der Waals surface area contributed by atoms with Crippen LogP contribution in [0.1, 0.15) is 32.1 Å². The van der Waals surface area contributed by atoms with E-state index in [0.717, 1.165) is 50.8 Å². The van der Waals surface area contributed by atoms with Gasteiger partial charge in [-0.3, -0.25) is 4.79 Å². The molecule has 23 heavy (non-hydrogen) atoms. The number of hydrogen-bond acceptors (Lipinski definition) is 5. The lowest BCUT2D eigenvalue weighted by Crippen LogP contribution is -2.45. The van der Waals surface area contributed by atoms with Crippen LogP contribution in [0.25, 0.3) is 0 Å². The molecule has 3 fully saturated rings. The average molecular weight is 316 g/mol. The third-order valence-corrected chi connectivity index (χ3v) is 5.35. The van der Waals surface area contributed by atoms with Crippen molar-refractivity contribution in [3.8, 4) is 0 Å². The number of amides is 1. The van der Waals surface area contributed by atoms with Crippen LogP contribution in [-0.2, 0) is 9.53 Å². The summed E-state index contributed by atoms with van der Waals surface area (Å²) in [6.45, 7) is 3.20. The first-order valence-electron chi connectivity index (χ1n) is 8.68. The standard InChI is InChI=1S/C17H24N4O2/c22-15(20-11-13-2-3-13)14-10-17(23-12-14)4-8-21(9-5-17)16-18-6-1-7-19-16/h1,6-7,13-14H,2-5,8-12H2,(H,20,22). The van der Waals surface area contributed by atoms with Gasteiger partial charge in [-0.1, -0.05) is 0 Å². The highest BCUT2D eigenvalue weighted by molar-refractivity contribution is 5.79. The first-order valence-corrected chi connectivity index (χ1v) is 8.68. The molecule has 6 heteroatoms. The highest BCUT2D eigenvalue weighted by atomic mass is 16.5. The predicted molar refractivity (Wildman–Crippen MR) is 86.0 cm³/mol. The topological polar surface area (TPSA) is 67.3 Å². The van der Waals surface area contributed by atoms with E-state index in [1.807, 2.05) is 6.07 Å². The maximum atomic E-state index is 12.3. The van der Waals surface area contributed by atoms with Crippen molar-refractivity contribution >= 4 is 11.9 Å². The molecule has 3 aliphatic rings. The molecule has 1 amide bonds. The number of aromatic nitrogens is 2. The summed E-state index contributed by atoms with van der Waals surface area (Å²) in [6.07, 6.45) is 8.83. The molecule has 1 atom stereocenters. The van der Waals surface area contributed by atoms with Gasteiger partial charge in [0.25, 0.3) is 0 Å². The number of ether oxygens (including phenoxy) is 1. The fraction of sp³-hybridized carbons (Fsp3) is 0.706. The first kappa shape index (κ1) is 14.9. The zero-order chi connectivity index (χ0) is 15.7. The van der Waals surface area contributed by atoms with Gasteiger partial charge in [0, 0.05) is 32.0 Å². The molecule has 3 heterocycles. The van der Waals surface area contributed by atoms with Gasteiger partial charge in [0.1, 0.15) is 0 Å². The molecule has 1 saturated carbocycles. The van der Waals surface area contributed by atoms with E-state index in [1.54, 1.807) is 12.4 Å². The molecule has 2 aliphatic heterocycles. The molecule has 4 rings (SSSR count). The van der Waals surface area contributed by atoms with E-state index in [2.05, 4.69) is 20.2 Å². The normalized spacial score (nSPS) is 26.4. The number of rotatable bonds is 4. The van der Waals surface area contributed by atoms with Gasteiger partial charge in [-0.05, 0) is 44.1 Å². The maximum absolute atomic E-state index is 12.3. The van der Waals surface area contributed by atoms with Crippen molar-refractivity contribution in [2.45, 2.75) is 37.7 Å². The smallest absolute Gasteiger partial charge is 0.225 e. The van der Waals surface area contributed by atoms with Crippen LogP contribution in [0.2, 0.25) is 0 Å². The van der Waals surface area contributed by atoms with Crippen LogP contribution in [0.3, 0.4) is 0 Å². The Labute approximate surface area is 136 Å². The van der Waals surface area contributed by atoms with E-state index >= 15 is 0 Å². The lowest BCUT2D eigenvalue weighted by molar-refractivity contribution is -0.125. The van der Waals surface area contributed by atoms with E-state index < -0.39 is 0 Å². The summed E-state index contributed by atoms with van der Waals surface area (Å²) in [6, 6.07) is 1.83. The quantitative estimate of drug-likeness (QED) is 0.909. The summed E-state index contributed by atoms with van der Waals surface area (Å²) in [5, 5.41) is 3.09. The number of piperidine rings is 1. The molecule has 0 bridgehead atoms. The summed E-state index contributed by atoms with van der Waals surface area (Å²) in [5.41, 5.74) is -0.118. The van der Waals surface area contributed by atoms with E-state index in [9.17, 15) is 4.79 Å². The van der Waals surface area contributed by atoms with Gasteiger partial charge < -0.3 is 15.0 Å². The Morgan fingerprint density at radius 3 is 2.74 bits per heavy atom. The van der Waals surface area contributed by atoms with Crippen molar-refractivity contribution in [2.24, 2.45) is 11.8 Å². The number of nitrogens with zero attached hydrogens (tertiary/aromatic N) is 3. The van der Waals surface area contributed by atoms with Crippen LogP contribution >= 0.6 is 0 Å². The van der Waals surface area contributed by atoms with Crippen LogP contribution in [-0.4, -0.2) is 47.7 Å². The van der Waals surface area contributed by atoms with E-state index in [4.69, 9.17) is 4.74 Å². The third kappa shape index (κ3) is 3.32. The Morgan fingerprint density at radius 2 is 2.04 bits per heavy atom. The molecule has 1 aromatic heterocycles. The number of carbonyl (C=O) groups excluding carboxylic acids is 1. The van der Waals surface area contributed by atoms with Gasteiger partial charge in [-0.2, -0.15) is 0 Å². The van der Waals surface area contributed by atoms with Gasteiger partial charge in [0.2, 0.25) is 11.9 Å². The van der Waals surface area contributed by atoms with Crippen molar-refractivity contribution in [1.29, 1.82) is 0 Å². The zero-order valence-electron chi connectivity index (χ0n) is 13.4. The van der Waals surface area contributed by atoms with Crippen molar-refractivity contribution in [3.63, 3.8) is 0 Å². The summed E-state index contributed by atoms with van der Waals surface area (Å²) >= 11 is 0. The fourth-order valence-corrected chi connectivity index (χ4v) is 3.64. The van der Waals surface area contributed by atoms with Crippen molar-refractivity contribution in [2.75, 3.05) is 31.1 Å². The highest BCUT2D eigenvalue weighted by Gasteiger charge is 2.45. The lowest BCUT2D eigenvalue weighted by Gasteiger charge is -2.38. The second kappa shape index (κ2) is 6.07. The molecule has 2 saturated heterocycles. The molecule has 0 radical (unpaired) electrons. The van der Waals surface area contributed by atoms with Crippen LogP contribution in [0, 0.1) is 11.8 Å². The van der Waals surface area contributed by atoms with Crippen LogP contribution in [0.15, 0.2) is 18.5 Å². The van der Waals surface area contributed by atoms with Crippen molar-refractivity contribution < 1.29 is 9.53 Å². The molecule has 1 spiro atoms. The molecular formula is C17H24N4O2. The minimum absolute atomic E-state index is 0.0216. The van der Waals surface area contributed by atoms with E-state index in [-0.39, 0.29) is 17.4 Å². The Balaban J connectivity index is 1.30. The Morgan fingerprint density at radius 1 is 1.30 bits per heavy atom. The Bertz CT molecular complexity index is 553. The summed E-state index contributed by atoms with van der Waals surface area (Å²) in [4.78, 5) is 23.1. The lowest BCUT2D eigenvalue weighted by atomic mass is 9.85. The predicted octanol–water partition coefficient (Wildman–Crippen LogP) is 1.38. The molecule has 0 aromatic carbocycles.